The summed E-state index contributed by atoms with van der Waals surface area (Å²) in [5, 5.41) is 8.66. The zero-order valence-electron chi connectivity index (χ0n) is 13.4. The topological polar surface area (TPSA) is 49.6 Å². The standard InChI is InChI=1S/C17H16ClFN6/c18-15-5-12(19)2-1-11(15)7-24-8-14-6-13(24)9-25(14)16-17-22-21-10-23(17)4-3-20-16/h1-5,10,13-14H,6-9H2. The molecule has 2 unspecified atom stereocenters. The highest BCUT2D eigenvalue weighted by atomic mass is 35.5. The molecule has 4 heterocycles. The number of fused-ring (bicyclic) bond motifs is 3. The Kier molecular flexibility index (Phi) is 3.39. The number of hydrogen-bond donors (Lipinski definition) is 0. The summed E-state index contributed by atoms with van der Waals surface area (Å²) in [7, 11) is 0. The molecule has 3 aromatic rings. The molecule has 25 heavy (non-hydrogen) atoms. The average Bonchev–Trinajstić information content (AvgIpc) is 3.31. The van der Waals surface area contributed by atoms with E-state index in [0.717, 1.165) is 43.1 Å². The highest BCUT2D eigenvalue weighted by molar-refractivity contribution is 6.31. The first-order valence-electron chi connectivity index (χ1n) is 8.28. The molecule has 2 saturated heterocycles. The van der Waals surface area contributed by atoms with Gasteiger partial charge in [0, 0.05) is 49.1 Å². The number of halogens is 2. The highest BCUT2D eigenvalue weighted by Gasteiger charge is 2.44. The van der Waals surface area contributed by atoms with Crippen LogP contribution < -0.4 is 4.90 Å². The van der Waals surface area contributed by atoms with Gasteiger partial charge in [0.2, 0.25) is 5.65 Å². The Labute approximate surface area is 148 Å². The van der Waals surface area contributed by atoms with Crippen LogP contribution in [0.5, 0.6) is 0 Å². The van der Waals surface area contributed by atoms with Crippen molar-refractivity contribution in [3.63, 3.8) is 0 Å². The van der Waals surface area contributed by atoms with Gasteiger partial charge in [-0.05, 0) is 24.1 Å². The van der Waals surface area contributed by atoms with Gasteiger partial charge in [0.25, 0.3) is 0 Å². The fourth-order valence-electron chi connectivity index (χ4n) is 4.02. The van der Waals surface area contributed by atoms with Crippen molar-refractivity contribution in [3.05, 3.63) is 53.3 Å². The van der Waals surface area contributed by atoms with E-state index in [4.69, 9.17) is 11.6 Å². The van der Waals surface area contributed by atoms with Crippen LogP contribution in [0.3, 0.4) is 0 Å². The molecule has 0 aliphatic carbocycles. The Bertz CT molecular complexity index is 944. The van der Waals surface area contributed by atoms with E-state index in [2.05, 4.69) is 25.0 Å². The molecule has 8 heteroatoms. The van der Waals surface area contributed by atoms with Crippen molar-refractivity contribution in [2.24, 2.45) is 0 Å². The van der Waals surface area contributed by atoms with Gasteiger partial charge in [0.15, 0.2) is 5.82 Å². The van der Waals surface area contributed by atoms with E-state index >= 15 is 0 Å². The van der Waals surface area contributed by atoms with E-state index in [1.807, 2.05) is 10.6 Å². The summed E-state index contributed by atoms with van der Waals surface area (Å²) in [4.78, 5) is 9.29. The quantitative estimate of drug-likeness (QED) is 0.719. The lowest BCUT2D eigenvalue weighted by molar-refractivity contribution is 0.230. The van der Waals surface area contributed by atoms with Crippen molar-refractivity contribution in [2.75, 3.05) is 18.0 Å². The van der Waals surface area contributed by atoms with Crippen molar-refractivity contribution in [1.82, 2.24) is 24.5 Å². The number of hydrogen-bond acceptors (Lipinski definition) is 5. The summed E-state index contributed by atoms with van der Waals surface area (Å²) < 4.78 is 15.1. The SMILES string of the molecule is Fc1ccc(CN2CC3CC2CN3c2nccn3cnnc23)c(Cl)c1. The van der Waals surface area contributed by atoms with E-state index in [1.165, 1.54) is 12.1 Å². The summed E-state index contributed by atoms with van der Waals surface area (Å²) >= 11 is 6.18. The van der Waals surface area contributed by atoms with Gasteiger partial charge in [-0.1, -0.05) is 17.7 Å². The second kappa shape index (κ2) is 5.64. The number of piperazine rings is 1. The number of aromatic nitrogens is 4. The summed E-state index contributed by atoms with van der Waals surface area (Å²) in [5.41, 5.74) is 1.77. The normalized spacial score (nSPS) is 23.0. The molecule has 1 aromatic carbocycles. The Hall–Kier alpha value is -2.25. The van der Waals surface area contributed by atoms with Crippen LogP contribution >= 0.6 is 11.6 Å². The first-order chi connectivity index (χ1) is 12.2. The van der Waals surface area contributed by atoms with Gasteiger partial charge >= 0.3 is 0 Å². The maximum Gasteiger partial charge on any atom is 0.203 e. The third-order valence-corrected chi connectivity index (χ3v) is 5.56. The zero-order valence-corrected chi connectivity index (χ0v) is 14.1. The molecule has 2 aromatic heterocycles. The van der Waals surface area contributed by atoms with E-state index in [1.54, 1.807) is 18.6 Å². The largest absolute Gasteiger partial charge is 0.348 e. The number of anilines is 1. The van der Waals surface area contributed by atoms with Crippen LogP contribution in [0.4, 0.5) is 10.2 Å². The highest BCUT2D eigenvalue weighted by Crippen LogP contribution is 2.36. The smallest absolute Gasteiger partial charge is 0.203 e. The monoisotopic (exact) mass is 358 g/mol. The Balaban J connectivity index is 1.36. The molecule has 2 bridgehead atoms. The van der Waals surface area contributed by atoms with Crippen LogP contribution in [0.2, 0.25) is 5.02 Å². The predicted molar refractivity (Wildman–Crippen MR) is 92.1 cm³/mol. The van der Waals surface area contributed by atoms with E-state index in [9.17, 15) is 4.39 Å². The molecule has 0 radical (unpaired) electrons. The van der Waals surface area contributed by atoms with Crippen molar-refractivity contribution in [1.29, 1.82) is 0 Å². The van der Waals surface area contributed by atoms with Gasteiger partial charge in [-0.3, -0.25) is 9.30 Å². The molecule has 5 rings (SSSR count). The minimum absolute atomic E-state index is 0.296. The fraction of sp³-hybridized carbons (Fsp3) is 0.353. The molecule has 0 N–H and O–H groups in total. The van der Waals surface area contributed by atoms with Gasteiger partial charge in [0.1, 0.15) is 12.1 Å². The fourth-order valence-corrected chi connectivity index (χ4v) is 4.25. The molecule has 6 nitrogen and oxygen atoms in total. The molecule has 2 aliphatic rings. The van der Waals surface area contributed by atoms with Gasteiger partial charge in [0.05, 0.1) is 0 Å². The third kappa shape index (κ3) is 2.46. The maximum atomic E-state index is 13.2. The summed E-state index contributed by atoms with van der Waals surface area (Å²) in [6.07, 6.45) is 6.43. The molecular weight excluding hydrogens is 343 g/mol. The van der Waals surface area contributed by atoms with Crippen molar-refractivity contribution in [3.8, 4) is 0 Å². The Morgan fingerprint density at radius 3 is 2.96 bits per heavy atom. The molecule has 0 amide bonds. The number of likely N-dealkylation sites (tertiary alicyclic amines) is 1. The Morgan fingerprint density at radius 1 is 1.24 bits per heavy atom. The predicted octanol–water partition coefficient (Wildman–Crippen LogP) is 2.38. The summed E-state index contributed by atoms with van der Waals surface area (Å²) in [6, 6.07) is 5.47. The van der Waals surface area contributed by atoms with Gasteiger partial charge in [-0.25, -0.2) is 9.37 Å². The number of rotatable bonds is 3. The second-order valence-corrected chi connectivity index (χ2v) is 7.08. The Morgan fingerprint density at radius 2 is 2.16 bits per heavy atom. The van der Waals surface area contributed by atoms with Crippen LogP contribution in [-0.4, -0.2) is 49.7 Å². The lowest BCUT2D eigenvalue weighted by atomic mass is 10.2. The number of benzene rings is 1. The van der Waals surface area contributed by atoms with E-state index in [-0.39, 0.29) is 5.82 Å². The molecular formula is C17H16ClFN6. The zero-order chi connectivity index (χ0) is 17.0. The first-order valence-corrected chi connectivity index (χ1v) is 8.66. The summed E-state index contributed by atoms with van der Waals surface area (Å²) in [5.74, 6) is 0.599. The van der Waals surface area contributed by atoms with Crippen LogP contribution in [-0.2, 0) is 6.54 Å². The molecule has 2 fully saturated rings. The maximum absolute atomic E-state index is 13.2. The van der Waals surface area contributed by atoms with Crippen LogP contribution in [0.1, 0.15) is 12.0 Å². The second-order valence-electron chi connectivity index (χ2n) is 6.67. The van der Waals surface area contributed by atoms with Crippen LogP contribution in [0, 0.1) is 5.82 Å². The minimum Gasteiger partial charge on any atom is -0.348 e. The summed E-state index contributed by atoms with van der Waals surface area (Å²) in [6.45, 7) is 2.59. The van der Waals surface area contributed by atoms with Gasteiger partial charge in [-0.15, -0.1) is 10.2 Å². The minimum atomic E-state index is -0.296. The first kappa shape index (κ1) is 15.0. The van der Waals surface area contributed by atoms with Gasteiger partial charge in [-0.2, -0.15) is 0 Å². The van der Waals surface area contributed by atoms with Crippen molar-refractivity contribution in [2.45, 2.75) is 25.0 Å². The number of nitrogens with zero attached hydrogens (tertiary/aromatic N) is 6. The van der Waals surface area contributed by atoms with Crippen LogP contribution in [0.15, 0.2) is 36.9 Å². The van der Waals surface area contributed by atoms with E-state index in [0.29, 0.717) is 17.1 Å². The van der Waals surface area contributed by atoms with Crippen molar-refractivity contribution < 1.29 is 4.39 Å². The van der Waals surface area contributed by atoms with Crippen LogP contribution in [0.25, 0.3) is 5.65 Å². The lowest BCUT2D eigenvalue weighted by Gasteiger charge is -2.35. The van der Waals surface area contributed by atoms with E-state index < -0.39 is 0 Å². The van der Waals surface area contributed by atoms with Crippen molar-refractivity contribution >= 4 is 23.1 Å². The van der Waals surface area contributed by atoms with Gasteiger partial charge < -0.3 is 4.90 Å². The molecule has 2 atom stereocenters. The molecule has 0 spiro atoms. The molecule has 0 saturated carbocycles. The third-order valence-electron chi connectivity index (χ3n) is 5.21. The molecule has 2 aliphatic heterocycles. The average molecular weight is 359 g/mol. The molecule has 128 valence electrons. The lowest BCUT2D eigenvalue weighted by Crippen LogP contribution is -2.46.